The van der Waals surface area contributed by atoms with E-state index in [2.05, 4.69) is 0 Å². The Balaban J connectivity index is 2.38. The van der Waals surface area contributed by atoms with E-state index in [9.17, 15) is 14.9 Å². The summed E-state index contributed by atoms with van der Waals surface area (Å²) in [5, 5.41) is 10.8. The van der Waals surface area contributed by atoms with E-state index < -0.39 is 4.92 Å². The van der Waals surface area contributed by atoms with Crippen LogP contribution in [0.2, 0.25) is 0 Å². The first-order valence-electron chi connectivity index (χ1n) is 6.09. The molecule has 0 bridgehead atoms. The van der Waals surface area contributed by atoms with Gasteiger partial charge >= 0.3 is 0 Å². The van der Waals surface area contributed by atoms with Gasteiger partial charge in [0.05, 0.1) is 10.5 Å². The van der Waals surface area contributed by atoms with Crippen molar-refractivity contribution in [1.82, 2.24) is 4.90 Å². The van der Waals surface area contributed by atoms with Crippen LogP contribution in [0.3, 0.4) is 0 Å². The van der Waals surface area contributed by atoms with Crippen molar-refractivity contribution in [2.75, 3.05) is 6.54 Å². The average molecular weight is 374 g/mol. The highest BCUT2D eigenvalue weighted by atomic mass is 127. The Morgan fingerprint density at radius 3 is 2.68 bits per heavy atom. The second-order valence-electron chi connectivity index (χ2n) is 5.29. The Morgan fingerprint density at radius 2 is 2.16 bits per heavy atom. The summed E-state index contributed by atoms with van der Waals surface area (Å²) < 4.78 is 0.746. The van der Waals surface area contributed by atoms with Crippen molar-refractivity contribution in [3.8, 4) is 0 Å². The molecule has 1 heterocycles. The normalized spacial score (nSPS) is 17.5. The standard InChI is InChI=1S/C13H15IN2O3/c1-13(2)6-3-7-15(13)12(17)10-8-9(16(18)19)4-5-11(10)14/h4-5,8H,3,6-7H2,1-2H3. The molecule has 1 aliphatic rings. The molecule has 1 amide bonds. The van der Waals surface area contributed by atoms with Gasteiger partial charge in [0.1, 0.15) is 0 Å². The van der Waals surface area contributed by atoms with Crippen molar-refractivity contribution in [2.45, 2.75) is 32.2 Å². The maximum atomic E-state index is 12.6. The number of halogens is 1. The molecule has 1 aromatic carbocycles. The summed E-state index contributed by atoms with van der Waals surface area (Å²) in [5.74, 6) is -0.115. The van der Waals surface area contributed by atoms with Crippen LogP contribution >= 0.6 is 22.6 Å². The Hall–Kier alpha value is -1.18. The third-order valence-corrected chi connectivity index (χ3v) is 4.48. The molecule has 0 N–H and O–H groups in total. The first kappa shape index (κ1) is 14.2. The van der Waals surface area contributed by atoms with Gasteiger partial charge in [-0.05, 0) is 55.3 Å². The number of rotatable bonds is 2. The molecular formula is C13H15IN2O3. The van der Waals surface area contributed by atoms with E-state index in [4.69, 9.17) is 0 Å². The number of nitro benzene ring substituents is 1. The van der Waals surface area contributed by atoms with E-state index in [1.165, 1.54) is 12.1 Å². The number of carbonyl (C=O) groups is 1. The predicted molar refractivity (Wildman–Crippen MR) is 80.2 cm³/mol. The number of nitro groups is 1. The Labute approximate surface area is 125 Å². The number of carbonyl (C=O) groups excluding carboxylic acids is 1. The van der Waals surface area contributed by atoms with E-state index in [0.29, 0.717) is 12.1 Å². The third-order valence-electron chi connectivity index (χ3n) is 3.54. The van der Waals surface area contributed by atoms with Gasteiger partial charge in [0, 0.05) is 27.8 Å². The lowest BCUT2D eigenvalue weighted by Crippen LogP contribution is -2.42. The molecule has 0 saturated carbocycles. The monoisotopic (exact) mass is 374 g/mol. The number of benzene rings is 1. The minimum Gasteiger partial charge on any atom is -0.333 e. The topological polar surface area (TPSA) is 63.5 Å². The fraction of sp³-hybridized carbons (Fsp3) is 0.462. The van der Waals surface area contributed by atoms with Crippen LogP contribution in [0.25, 0.3) is 0 Å². The zero-order valence-corrected chi connectivity index (χ0v) is 13.0. The average Bonchev–Trinajstić information content (AvgIpc) is 2.68. The molecule has 19 heavy (non-hydrogen) atoms. The summed E-state index contributed by atoms with van der Waals surface area (Å²) in [5.41, 5.74) is 0.204. The predicted octanol–water partition coefficient (Wildman–Crippen LogP) is 3.21. The summed E-state index contributed by atoms with van der Waals surface area (Å²) >= 11 is 2.04. The second-order valence-corrected chi connectivity index (χ2v) is 6.46. The van der Waals surface area contributed by atoms with Gasteiger partial charge < -0.3 is 4.90 Å². The van der Waals surface area contributed by atoms with E-state index in [0.717, 1.165) is 16.4 Å². The first-order chi connectivity index (χ1) is 8.83. The van der Waals surface area contributed by atoms with Crippen LogP contribution in [0.1, 0.15) is 37.0 Å². The molecule has 0 spiro atoms. The Kier molecular flexibility index (Phi) is 3.80. The molecular weight excluding hydrogens is 359 g/mol. The van der Waals surface area contributed by atoms with Crippen molar-refractivity contribution in [2.24, 2.45) is 0 Å². The van der Waals surface area contributed by atoms with Crippen molar-refractivity contribution in [1.29, 1.82) is 0 Å². The van der Waals surface area contributed by atoms with Gasteiger partial charge in [0.15, 0.2) is 0 Å². The van der Waals surface area contributed by atoms with E-state index in [1.54, 1.807) is 6.07 Å². The summed E-state index contributed by atoms with van der Waals surface area (Å²) in [7, 11) is 0. The van der Waals surface area contributed by atoms with E-state index in [1.807, 2.05) is 41.3 Å². The number of amides is 1. The lowest BCUT2D eigenvalue weighted by atomic mass is 10.0. The van der Waals surface area contributed by atoms with Gasteiger partial charge in [-0.2, -0.15) is 0 Å². The van der Waals surface area contributed by atoms with Gasteiger partial charge in [-0.25, -0.2) is 0 Å². The molecule has 102 valence electrons. The van der Waals surface area contributed by atoms with Crippen LogP contribution in [0.5, 0.6) is 0 Å². The molecule has 6 heteroatoms. The number of non-ortho nitro benzene ring substituents is 1. The molecule has 1 aromatic rings. The van der Waals surface area contributed by atoms with Crippen molar-refractivity contribution in [3.05, 3.63) is 37.4 Å². The summed E-state index contributed by atoms with van der Waals surface area (Å²) in [4.78, 5) is 24.7. The molecule has 0 radical (unpaired) electrons. The maximum Gasteiger partial charge on any atom is 0.270 e. The van der Waals surface area contributed by atoms with Gasteiger partial charge in [-0.3, -0.25) is 14.9 Å². The summed E-state index contributed by atoms with van der Waals surface area (Å²) in [6, 6.07) is 4.42. The second kappa shape index (κ2) is 5.07. The van der Waals surface area contributed by atoms with Crippen LogP contribution in [0.15, 0.2) is 18.2 Å². The van der Waals surface area contributed by atoms with Gasteiger partial charge in [-0.15, -0.1) is 0 Å². The molecule has 1 saturated heterocycles. The molecule has 1 aliphatic heterocycles. The highest BCUT2D eigenvalue weighted by molar-refractivity contribution is 14.1. The van der Waals surface area contributed by atoms with Crippen LogP contribution in [0, 0.1) is 13.7 Å². The SMILES string of the molecule is CC1(C)CCCN1C(=O)c1cc([N+](=O)[O-])ccc1I. The molecule has 0 aromatic heterocycles. The highest BCUT2D eigenvalue weighted by Gasteiger charge is 2.36. The van der Waals surface area contributed by atoms with Crippen molar-refractivity contribution < 1.29 is 9.72 Å². The Morgan fingerprint density at radius 1 is 1.47 bits per heavy atom. The summed E-state index contributed by atoms with van der Waals surface area (Å²) in [6.45, 7) is 4.77. The van der Waals surface area contributed by atoms with Crippen LogP contribution in [0.4, 0.5) is 5.69 Å². The summed E-state index contributed by atoms with van der Waals surface area (Å²) in [6.07, 6.45) is 1.94. The zero-order chi connectivity index (χ0) is 14.2. The lowest BCUT2D eigenvalue weighted by molar-refractivity contribution is -0.384. The Bertz CT molecular complexity index is 543. The van der Waals surface area contributed by atoms with Crippen molar-refractivity contribution >= 4 is 34.2 Å². The number of likely N-dealkylation sites (tertiary alicyclic amines) is 1. The number of hydrogen-bond acceptors (Lipinski definition) is 3. The minimum atomic E-state index is -0.470. The van der Waals surface area contributed by atoms with Gasteiger partial charge in [0.25, 0.3) is 11.6 Å². The van der Waals surface area contributed by atoms with Gasteiger partial charge in [-0.1, -0.05) is 0 Å². The van der Waals surface area contributed by atoms with Crippen LogP contribution in [-0.2, 0) is 0 Å². The smallest absolute Gasteiger partial charge is 0.270 e. The molecule has 0 unspecified atom stereocenters. The number of hydrogen-bond donors (Lipinski definition) is 0. The molecule has 5 nitrogen and oxygen atoms in total. The van der Waals surface area contributed by atoms with Gasteiger partial charge in [0.2, 0.25) is 0 Å². The first-order valence-corrected chi connectivity index (χ1v) is 7.17. The highest BCUT2D eigenvalue weighted by Crippen LogP contribution is 2.31. The fourth-order valence-corrected chi connectivity index (χ4v) is 2.99. The van der Waals surface area contributed by atoms with Crippen LogP contribution in [-0.4, -0.2) is 27.8 Å². The molecule has 0 aliphatic carbocycles. The minimum absolute atomic E-state index is 0.0410. The van der Waals surface area contributed by atoms with Crippen LogP contribution < -0.4 is 0 Å². The number of nitrogens with zero attached hydrogens (tertiary/aromatic N) is 2. The van der Waals surface area contributed by atoms with E-state index in [-0.39, 0.29) is 17.1 Å². The maximum absolute atomic E-state index is 12.6. The fourth-order valence-electron chi connectivity index (χ4n) is 2.42. The molecule has 0 atom stereocenters. The third kappa shape index (κ3) is 2.72. The lowest BCUT2D eigenvalue weighted by Gasteiger charge is -2.31. The molecule has 1 fully saturated rings. The van der Waals surface area contributed by atoms with E-state index >= 15 is 0 Å². The quantitative estimate of drug-likeness (QED) is 0.454. The molecule has 2 rings (SSSR count). The largest absolute Gasteiger partial charge is 0.333 e. The zero-order valence-electron chi connectivity index (χ0n) is 10.9. The van der Waals surface area contributed by atoms with Crippen molar-refractivity contribution in [3.63, 3.8) is 0 Å².